The highest BCUT2D eigenvalue weighted by Crippen LogP contribution is 2.31. The predicted molar refractivity (Wildman–Crippen MR) is 98.5 cm³/mol. The van der Waals surface area contributed by atoms with Crippen LogP contribution in [-0.2, 0) is 11.2 Å². The second-order valence-corrected chi connectivity index (χ2v) is 5.75. The molecular formula is C21H21NO3. The number of aliphatic hydroxyl groups excluding tert-OH is 1. The number of carbonyl (C=O) groups is 1. The van der Waals surface area contributed by atoms with Gasteiger partial charge in [0.1, 0.15) is 0 Å². The third-order valence-corrected chi connectivity index (χ3v) is 4.12. The molecule has 0 atom stereocenters. The second-order valence-electron chi connectivity index (χ2n) is 5.75. The summed E-state index contributed by atoms with van der Waals surface area (Å²) in [6.07, 6.45) is 1.15. The van der Waals surface area contributed by atoms with Crippen molar-refractivity contribution in [3.8, 4) is 11.3 Å². The number of esters is 1. The lowest BCUT2D eigenvalue weighted by Crippen LogP contribution is -2.13. The number of benzene rings is 2. The Hall–Kier alpha value is -2.72. The number of aliphatic hydroxyl groups is 1. The normalized spacial score (nSPS) is 10.8. The lowest BCUT2D eigenvalue weighted by atomic mass is 9.96. The van der Waals surface area contributed by atoms with Crippen molar-refractivity contribution in [2.75, 3.05) is 13.2 Å². The number of fused-ring (bicyclic) bond motifs is 1. The molecule has 1 aromatic heterocycles. The highest BCUT2D eigenvalue weighted by Gasteiger charge is 2.20. The number of carbonyl (C=O) groups excluding carboxylic acids is 1. The Morgan fingerprint density at radius 2 is 1.72 bits per heavy atom. The van der Waals surface area contributed by atoms with Crippen molar-refractivity contribution in [1.82, 2.24) is 4.98 Å². The van der Waals surface area contributed by atoms with Gasteiger partial charge in [-0.15, -0.1) is 0 Å². The monoisotopic (exact) mass is 335 g/mol. The summed E-state index contributed by atoms with van der Waals surface area (Å²) in [5.74, 6) is -0.418. The Morgan fingerprint density at radius 3 is 2.40 bits per heavy atom. The van der Waals surface area contributed by atoms with E-state index in [0.717, 1.165) is 27.6 Å². The van der Waals surface area contributed by atoms with E-state index in [4.69, 9.17) is 4.74 Å². The van der Waals surface area contributed by atoms with Crippen LogP contribution in [0.15, 0.2) is 54.6 Å². The van der Waals surface area contributed by atoms with Crippen molar-refractivity contribution in [2.24, 2.45) is 0 Å². The fourth-order valence-corrected chi connectivity index (χ4v) is 3.01. The Morgan fingerprint density at radius 1 is 1.04 bits per heavy atom. The predicted octanol–water partition coefficient (Wildman–Crippen LogP) is 4.00. The van der Waals surface area contributed by atoms with E-state index in [-0.39, 0.29) is 6.61 Å². The van der Waals surface area contributed by atoms with Crippen LogP contribution in [0.4, 0.5) is 0 Å². The third kappa shape index (κ3) is 3.54. The van der Waals surface area contributed by atoms with Gasteiger partial charge in [0, 0.05) is 17.6 Å². The van der Waals surface area contributed by atoms with Crippen molar-refractivity contribution in [3.05, 3.63) is 65.9 Å². The molecule has 1 heterocycles. The molecule has 4 heteroatoms. The Balaban J connectivity index is 2.28. The highest BCUT2D eigenvalue weighted by molar-refractivity contribution is 6.02. The molecule has 0 radical (unpaired) electrons. The molecule has 4 nitrogen and oxygen atoms in total. The number of rotatable bonds is 6. The van der Waals surface area contributed by atoms with Crippen molar-refractivity contribution >= 4 is 16.7 Å². The van der Waals surface area contributed by atoms with Crippen LogP contribution in [-0.4, -0.2) is 29.3 Å². The summed E-state index contributed by atoms with van der Waals surface area (Å²) in [5, 5.41) is 11.2. The maximum absolute atomic E-state index is 12.5. The minimum Gasteiger partial charge on any atom is -0.461 e. The number of pyridine rings is 1. The van der Waals surface area contributed by atoms with Crippen LogP contribution in [0.3, 0.4) is 0 Å². The van der Waals surface area contributed by atoms with Crippen LogP contribution >= 0.6 is 0 Å². The second kappa shape index (κ2) is 7.90. The highest BCUT2D eigenvalue weighted by atomic mass is 16.5. The minimum absolute atomic E-state index is 0.0665. The van der Waals surface area contributed by atoms with Gasteiger partial charge >= 0.3 is 5.97 Å². The lowest BCUT2D eigenvalue weighted by molar-refractivity contribution is 0.0518. The molecule has 0 aliphatic heterocycles. The van der Waals surface area contributed by atoms with Gasteiger partial charge < -0.3 is 9.84 Å². The van der Waals surface area contributed by atoms with Crippen molar-refractivity contribution in [1.29, 1.82) is 0 Å². The van der Waals surface area contributed by atoms with Gasteiger partial charge in [-0.05, 0) is 30.7 Å². The van der Waals surface area contributed by atoms with Gasteiger partial charge in [-0.25, -0.2) is 9.78 Å². The number of aryl methyl sites for hydroxylation is 1. The van der Waals surface area contributed by atoms with Gasteiger partial charge in [0.2, 0.25) is 0 Å². The van der Waals surface area contributed by atoms with E-state index in [1.54, 1.807) is 6.92 Å². The molecule has 0 aliphatic carbocycles. The van der Waals surface area contributed by atoms with E-state index >= 15 is 0 Å². The first-order chi connectivity index (χ1) is 12.3. The van der Waals surface area contributed by atoms with Crippen LogP contribution in [0.25, 0.3) is 22.0 Å². The van der Waals surface area contributed by atoms with E-state index in [9.17, 15) is 9.90 Å². The smallest absolute Gasteiger partial charge is 0.357 e. The summed E-state index contributed by atoms with van der Waals surface area (Å²) < 4.78 is 5.22. The minimum atomic E-state index is -0.418. The number of ether oxygens (including phenoxy) is 1. The summed E-state index contributed by atoms with van der Waals surface area (Å²) >= 11 is 0. The number of hydrogen-bond donors (Lipinski definition) is 1. The maximum atomic E-state index is 12.5. The Labute approximate surface area is 147 Å². The summed E-state index contributed by atoms with van der Waals surface area (Å²) in [4.78, 5) is 17.2. The molecule has 128 valence electrons. The summed E-state index contributed by atoms with van der Waals surface area (Å²) in [6.45, 7) is 2.15. The summed E-state index contributed by atoms with van der Waals surface area (Å²) in [7, 11) is 0. The molecule has 2 aromatic carbocycles. The van der Waals surface area contributed by atoms with E-state index in [0.29, 0.717) is 25.1 Å². The van der Waals surface area contributed by atoms with Gasteiger partial charge in [0.25, 0.3) is 0 Å². The zero-order valence-corrected chi connectivity index (χ0v) is 14.2. The first kappa shape index (κ1) is 17.1. The molecule has 0 spiro atoms. The largest absolute Gasteiger partial charge is 0.461 e. The third-order valence-electron chi connectivity index (χ3n) is 4.12. The molecule has 0 aliphatic rings. The zero-order valence-electron chi connectivity index (χ0n) is 14.2. The summed E-state index contributed by atoms with van der Waals surface area (Å²) in [5.41, 5.74) is 2.90. The van der Waals surface area contributed by atoms with Gasteiger partial charge in [-0.1, -0.05) is 54.6 Å². The molecule has 3 rings (SSSR count). The maximum Gasteiger partial charge on any atom is 0.357 e. The van der Waals surface area contributed by atoms with Crippen LogP contribution in [0, 0.1) is 0 Å². The van der Waals surface area contributed by atoms with Crippen LogP contribution in [0.5, 0.6) is 0 Å². The lowest BCUT2D eigenvalue weighted by Gasteiger charge is -2.15. The van der Waals surface area contributed by atoms with Crippen molar-refractivity contribution in [2.45, 2.75) is 19.8 Å². The zero-order chi connectivity index (χ0) is 17.6. The molecule has 0 amide bonds. The van der Waals surface area contributed by atoms with Crippen LogP contribution in [0.2, 0.25) is 0 Å². The fourth-order valence-electron chi connectivity index (χ4n) is 3.01. The molecule has 1 N–H and O–H groups in total. The standard InChI is InChI=1S/C21H21NO3/c1-2-25-21(24)20-18(13-8-14-23)16-11-6-7-12-17(16)19(22-20)15-9-4-3-5-10-15/h3-7,9-12,23H,2,8,13-14H2,1H3. The van der Waals surface area contributed by atoms with Gasteiger partial charge in [0.15, 0.2) is 5.69 Å². The van der Waals surface area contributed by atoms with Crippen molar-refractivity contribution < 1.29 is 14.6 Å². The molecule has 0 fully saturated rings. The van der Waals surface area contributed by atoms with Crippen LogP contribution in [0.1, 0.15) is 29.4 Å². The molecule has 0 bridgehead atoms. The number of nitrogens with zero attached hydrogens (tertiary/aromatic N) is 1. The molecule has 0 saturated heterocycles. The van der Waals surface area contributed by atoms with Gasteiger partial charge in [-0.3, -0.25) is 0 Å². The van der Waals surface area contributed by atoms with Gasteiger partial charge in [-0.2, -0.15) is 0 Å². The number of aromatic nitrogens is 1. The molecule has 0 unspecified atom stereocenters. The average Bonchev–Trinajstić information content (AvgIpc) is 2.66. The topological polar surface area (TPSA) is 59.4 Å². The number of hydrogen-bond acceptors (Lipinski definition) is 4. The van der Waals surface area contributed by atoms with E-state index in [2.05, 4.69) is 4.98 Å². The van der Waals surface area contributed by atoms with E-state index in [1.807, 2.05) is 54.6 Å². The SMILES string of the molecule is CCOC(=O)c1nc(-c2ccccc2)c2ccccc2c1CCCO. The fraction of sp³-hybridized carbons (Fsp3) is 0.238. The molecule has 0 saturated carbocycles. The van der Waals surface area contributed by atoms with Crippen LogP contribution < -0.4 is 0 Å². The van der Waals surface area contributed by atoms with E-state index in [1.165, 1.54) is 0 Å². The Bertz CT molecular complexity index is 875. The van der Waals surface area contributed by atoms with E-state index < -0.39 is 5.97 Å². The first-order valence-corrected chi connectivity index (χ1v) is 8.51. The molecular weight excluding hydrogens is 314 g/mol. The molecule has 3 aromatic rings. The Kier molecular flexibility index (Phi) is 5.41. The average molecular weight is 335 g/mol. The first-order valence-electron chi connectivity index (χ1n) is 8.51. The van der Waals surface area contributed by atoms with Crippen molar-refractivity contribution in [3.63, 3.8) is 0 Å². The quantitative estimate of drug-likeness (QED) is 0.692. The molecule has 25 heavy (non-hydrogen) atoms. The van der Waals surface area contributed by atoms with Gasteiger partial charge in [0.05, 0.1) is 12.3 Å². The summed E-state index contributed by atoms with van der Waals surface area (Å²) in [6, 6.07) is 17.8.